The van der Waals surface area contributed by atoms with Crippen molar-refractivity contribution in [2.24, 2.45) is 0 Å². The molecule has 2 aromatic carbocycles. The fourth-order valence-corrected chi connectivity index (χ4v) is 4.42. The summed E-state index contributed by atoms with van der Waals surface area (Å²) in [4.78, 5) is 51.4. The Hall–Kier alpha value is -4.00. The second kappa shape index (κ2) is 7.85. The summed E-state index contributed by atoms with van der Waals surface area (Å²) in [6.07, 6.45) is 2.24. The van der Waals surface area contributed by atoms with Crippen LogP contribution in [0.4, 0.5) is 5.69 Å². The zero-order valence-corrected chi connectivity index (χ0v) is 18.3. The van der Waals surface area contributed by atoms with E-state index >= 15 is 0 Å². The molecule has 7 heteroatoms. The average molecular weight is 442 g/mol. The summed E-state index contributed by atoms with van der Waals surface area (Å²) in [5.74, 6) is -1.69. The van der Waals surface area contributed by atoms with Crippen LogP contribution < -0.4 is 4.90 Å². The Kier molecular flexibility index (Phi) is 4.96. The number of anilines is 1. The number of carbonyl (C=O) groups excluding carboxylic acids is 4. The number of aryl methyl sites for hydroxylation is 1. The summed E-state index contributed by atoms with van der Waals surface area (Å²) in [5.41, 5.74) is 3.81. The van der Waals surface area contributed by atoms with E-state index in [1.165, 1.54) is 24.3 Å². The van der Waals surface area contributed by atoms with E-state index < -0.39 is 17.8 Å². The number of benzene rings is 2. The topological polar surface area (TPSA) is 85.7 Å². The molecule has 166 valence electrons. The van der Waals surface area contributed by atoms with Crippen molar-refractivity contribution in [1.82, 2.24) is 4.57 Å². The molecule has 3 aromatic rings. The van der Waals surface area contributed by atoms with Crippen molar-refractivity contribution in [2.45, 2.75) is 32.7 Å². The first-order valence-corrected chi connectivity index (χ1v) is 10.8. The highest BCUT2D eigenvalue weighted by molar-refractivity contribution is 6.34. The first-order chi connectivity index (χ1) is 15.9. The molecule has 5 rings (SSSR count). The Morgan fingerprint density at radius 2 is 1.55 bits per heavy atom. The molecule has 2 aliphatic rings. The number of imide groups is 1. The fourth-order valence-electron chi connectivity index (χ4n) is 4.42. The van der Waals surface area contributed by atoms with Gasteiger partial charge in [-0.25, -0.2) is 9.69 Å². The smallest absolute Gasteiger partial charge is 0.338 e. The van der Waals surface area contributed by atoms with Crippen LogP contribution >= 0.6 is 0 Å². The molecule has 1 fully saturated rings. The third kappa shape index (κ3) is 3.55. The Balaban J connectivity index is 1.25. The Morgan fingerprint density at radius 3 is 2.12 bits per heavy atom. The van der Waals surface area contributed by atoms with Gasteiger partial charge in [0.15, 0.2) is 6.61 Å². The predicted molar refractivity (Wildman–Crippen MR) is 121 cm³/mol. The number of ketones is 1. The highest BCUT2D eigenvalue weighted by Gasteiger charge is 2.36. The largest absolute Gasteiger partial charge is 0.454 e. The molecular formula is C26H22N2O5. The number of Topliss-reactive ketones (excluding diaryl/α,β-unsaturated/α-hetero) is 1. The lowest BCUT2D eigenvalue weighted by atomic mass is 10.1. The normalized spacial score (nSPS) is 15.0. The van der Waals surface area contributed by atoms with Gasteiger partial charge in [0.1, 0.15) is 0 Å². The molecule has 1 aliphatic carbocycles. The maximum atomic E-state index is 12.6. The number of carbonyl (C=O) groups is 4. The summed E-state index contributed by atoms with van der Waals surface area (Å²) in [6.45, 7) is 3.54. The van der Waals surface area contributed by atoms with Crippen LogP contribution in [0.15, 0.2) is 54.6 Å². The molecule has 0 atom stereocenters. The van der Waals surface area contributed by atoms with E-state index in [0.717, 1.165) is 29.1 Å². The molecule has 1 aromatic heterocycles. The van der Waals surface area contributed by atoms with Crippen LogP contribution in [0.2, 0.25) is 0 Å². The second-order valence-electron chi connectivity index (χ2n) is 8.42. The van der Waals surface area contributed by atoms with Gasteiger partial charge in [-0.05, 0) is 69.2 Å². The summed E-state index contributed by atoms with van der Waals surface area (Å²) in [5, 5.41) is 0. The Bertz CT molecular complexity index is 1280. The monoisotopic (exact) mass is 442 g/mol. The van der Waals surface area contributed by atoms with E-state index in [0.29, 0.717) is 28.4 Å². The van der Waals surface area contributed by atoms with E-state index in [1.54, 1.807) is 24.3 Å². The van der Waals surface area contributed by atoms with Crippen LogP contribution in [0.25, 0.3) is 0 Å². The van der Waals surface area contributed by atoms with E-state index in [1.807, 2.05) is 19.9 Å². The number of hydrogen-bond acceptors (Lipinski definition) is 5. The lowest BCUT2D eigenvalue weighted by Gasteiger charge is -2.14. The number of ether oxygens (including phenoxy) is 1. The van der Waals surface area contributed by atoms with E-state index in [-0.39, 0.29) is 18.0 Å². The second-order valence-corrected chi connectivity index (χ2v) is 8.42. The first-order valence-electron chi connectivity index (χ1n) is 10.8. The molecule has 0 N–H and O–H groups in total. The first kappa shape index (κ1) is 20.9. The maximum Gasteiger partial charge on any atom is 0.338 e. The van der Waals surface area contributed by atoms with Crippen LogP contribution in [-0.4, -0.2) is 34.7 Å². The van der Waals surface area contributed by atoms with Gasteiger partial charge in [-0.1, -0.05) is 12.1 Å². The van der Waals surface area contributed by atoms with Gasteiger partial charge < -0.3 is 9.30 Å². The summed E-state index contributed by atoms with van der Waals surface area (Å²) in [6, 6.07) is 14.9. The van der Waals surface area contributed by atoms with Crippen LogP contribution in [0.1, 0.15) is 71.7 Å². The van der Waals surface area contributed by atoms with Crippen LogP contribution in [0.5, 0.6) is 0 Å². The van der Waals surface area contributed by atoms with Crippen molar-refractivity contribution >= 4 is 29.3 Å². The molecule has 2 amide bonds. The highest BCUT2D eigenvalue weighted by Crippen LogP contribution is 2.38. The van der Waals surface area contributed by atoms with Crippen molar-refractivity contribution in [2.75, 3.05) is 11.5 Å². The molecular weight excluding hydrogens is 420 g/mol. The molecule has 0 saturated heterocycles. The van der Waals surface area contributed by atoms with E-state index in [2.05, 4.69) is 4.57 Å². The summed E-state index contributed by atoms with van der Waals surface area (Å²) < 4.78 is 7.41. The van der Waals surface area contributed by atoms with Crippen LogP contribution in [0.3, 0.4) is 0 Å². The van der Waals surface area contributed by atoms with Gasteiger partial charge in [0.2, 0.25) is 5.78 Å². The van der Waals surface area contributed by atoms with E-state index in [9.17, 15) is 19.2 Å². The molecule has 0 bridgehead atoms. The van der Waals surface area contributed by atoms with Gasteiger partial charge in [0.05, 0.1) is 22.4 Å². The Morgan fingerprint density at radius 1 is 0.939 bits per heavy atom. The minimum atomic E-state index is -0.645. The van der Waals surface area contributed by atoms with Gasteiger partial charge in [0.25, 0.3) is 11.8 Å². The molecule has 7 nitrogen and oxygen atoms in total. The van der Waals surface area contributed by atoms with Crippen molar-refractivity contribution in [1.29, 1.82) is 0 Å². The average Bonchev–Trinajstić information content (AvgIpc) is 3.56. The van der Waals surface area contributed by atoms with Gasteiger partial charge in [-0.2, -0.15) is 0 Å². The van der Waals surface area contributed by atoms with E-state index in [4.69, 9.17) is 4.74 Å². The van der Waals surface area contributed by atoms with Crippen LogP contribution in [0, 0.1) is 13.8 Å². The minimum absolute atomic E-state index is 0.228. The third-order valence-electron chi connectivity index (χ3n) is 6.19. The SMILES string of the molecule is Cc1cc(C(=O)COC(=O)c2ccc(N3C(=O)c4ccccc4C3=O)cc2)c(C)n1C1CC1. The molecule has 33 heavy (non-hydrogen) atoms. The maximum absolute atomic E-state index is 12.6. The molecule has 2 heterocycles. The van der Waals surface area contributed by atoms with Gasteiger partial charge in [-0.3, -0.25) is 14.4 Å². The number of aromatic nitrogens is 1. The lowest BCUT2D eigenvalue weighted by Crippen LogP contribution is -2.29. The predicted octanol–water partition coefficient (Wildman–Crippen LogP) is 4.28. The zero-order chi connectivity index (χ0) is 23.3. The Labute approximate surface area is 190 Å². The number of fused-ring (bicyclic) bond motifs is 1. The lowest BCUT2D eigenvalue weighted by molar-refractivity contribution is 0.0474. The number of hydrogen-bond donors (Lipinski definition) is 0. The van der Waals surface area contributed by atoms with Crippen molar-refractivity contribution in [3.63, 3.8) is 0 Å². The zero-order valence-electron chi connectivity index (χ0n) is 18.3. The standard InChI is InChI=1S/C26H22N2O5/c1-15-13-22(16(2)27(15)18-11-12-18)23(29)14-33-26(32)17-7-9-19(10-8-17)28-24(30)20-5-3-4-6-21(20)25(28)31/h3-10,13,18H,11-12,14H2,1-2H3. The number of esters is 1. The quantitative estimate of drug-likeness (QED) is 0.323. The van der Waals surface area contributed by atoms with Crippen molar-refractivity contribution in [3.05, 3.63) is 88.2 Å². The number of rotatable bonds is 6. The van der Waals surface area contributed by atoms with Gasteiger partial charge in [0, 0.05) is 23.0 Å². The molecule has 0 unspecified atom stereocenters. The van der Waals surface area contributed by atoms with Gasteiger partial charge >= 0.3 is 5.97 Å². The summed E-state index contributed by atoms with van der Waals surface area (Å²) >= 11 is 0. The molecule has 0 radical (unpaired) electrons. The minimum Gasteiger partial charge on any atom is -0.454 e. The van der Waals surface area contributed by atoms with Crippen molar-refractivity contribution < 1.29 is 23.9 Å². The molecule has 1 aliphatic heterocycles. The van der Waals surface area contributed by atoms with Crippen molar-refractivity contribution in [3.8, 4) is 0 Å². The third-order valence-corrected chi connectivity index (χ3v) is 6.19. The number of nitrogens with zero attached hydrogens (tertiary/aromatic N) is 2. The number of amides is 2. The summed E-state index contributed by atoms with van der Waals surface area (Å²) in [7, 11) is 0. The molecule has 1 saturated carbocycles. The van der Waals surface area contributed by atoms with Crippen LogP contribution in [-0.2, 0) is 4.74 Å². The molecule has 0 spiro atoms. The van der Waals surface area contributed by atoms with Gasteiger partial charge in [-0.15, -0.1) is 0 Å². The fraction of sp³-hybridized carbons (Fsp3) is 0.231. The highest BCUT2D eigenvalue weighted by atomic mass is 16.5.